The van der Waals surface area contributed by atoms with Crippen LogP contribution >= 0.6 is 0 Å². The number of likely N-dealkylation sites (tertiary alicyclic amines) is 1. The van der Waals surface area contributed by atoms with Crippen molar-refractivity contribution in [2.45, 2.75) is 33.2 Å². The Morgan fingerprint density at radius 3 is 2.60 bits per heavy atom. The predicted molar refractivity (Wildman–Crippen MR) is 62.3 cm³/mol. The molecule has 1 aliphatic heterocycles. The summed E-state index contributed by atoms with van der Waals surface area (Å²) in [6, 6.07) is -0.402. The van der Waals surface area contributed by atoms with Crippen LogP contribution in [0.25, 0.3) is 0 Å². The van der Waals surface area contributed by atoms with Crippen molar-refractivity contribution in [3.8, 4) is 0 Å². The van der Waals surface area contributed by atoms with Crippen LogP contribution in [0.4, 0.5) is 0 Å². The summed E-state index contributed by atoms with van der Waals surface area (Å²) in [7, 11) is 0. The number of carbonyl (C=O) groups excluding carboxylic acids is 1. The van der Waals surface area contributed by atoms with Crippen LogP contribution in [-0.2, 0) is 4.79 Å². The van der Waals surface area contributed by atoms with E-state index in [4.69, 9.17) is 5.73 Å². The molecule has 3 heteroatoms. The molecule has 0 bridgehead atoms. The van der Waals surface area contributed by atoms with Crippen molar-refractivity contribution in [3.05, 3.63) is 12.7 Å². The molecule has 15 heavy (non-hydrogen) atoms. The van der Waals surface area contributed by atoms with Crippen LogP contribution in [0.3, 0.4) is 0 Å². The average Bonchev–Trinajstić information content (AvgIpc) is 2.62. The van der Waals surface area contributed by atoms with E-state index in [2.05, 4.69) is 6.58 Å². The molecular weight excluding hydrogens is 188 g/mol. The van der Waals surface area contributed by atoms with E-state index in [1.807, 2.05) is 31.7 Å². The molecule has 1 unspecified atom stereocenters. The quantitative estimate of drug-likeness (QED) is 0.700. The van der Waals surface area contributed by atoms with E-state index in [1.165, 1.54) is 0 Å². The van der Waals surface area contributed by atoms with Gasteiger partial charge in [0.15, 0.2) is 0 Å². The second-order valence-corrected chi connectivity index (χ2v) is 5.41. The molecule has 0 saturated carbocycles. The third-order valence-electron chi connectivity index (χ3n) is 3.07. The number of nitrogens with two attached hydrogens (primary N) is 1. The number of amides is 1. The van der Waals surface area contributed by atoms with Crippen molar-refractivity contribution >= 4 is 5.91 Å². The zero-order valence-corrected chi connectivity index (χ0v) is 9.99. The van der Waals surface area contributed by atoms with Gasteiger partial charge in [-0.05, 0) is 17.8 Å². The molecule has 1 fully saturated rings. The van der Waals surface area contributed by atoms with Crippen LogP contribution in [0.5, 0.6) is 0 Å². The van der Waals surface area contributed by atoms with Crippen LogP contribution in [0.15, 0.2) is 12.7 Å². The molecule has 2 atom stereocenters. The highest BCUT2D eigenvalue weighted by Crippen LogP contribution is 2.23. The number of carbonyl (C=O) groups is 1. The summed E-state index contributed by atoms with van der Waals surface area (Å²) in [4.78, 5) is 13.9. The molecule has 1 rings (SSSR count). The Morgan fingerprint density at radius 2 is 2.20 bits per heavy atom. The highest BCUT2D eigenvalue weighted by Gasteiger charge is 2.33. The first-order valence-corrected chi connectivity index (χ1v) is 5.53. The normalized spacial score (nSPS) is 24.0. The molecule has 0 radical (unpaired) electrons. The molecule has 1 aliphatic rings. The minimum atomic E-state index is -0.402. The van der Waals surface area contributed by atoms with Crippen molar-refractivity contribution < 1.29 is 4.79 Å². The van der Waals surface area contributed by atoms with Gasteiger partial charge in [-0.25, -0.2) is 0 Å². The summed E-state index contributed by atoms with van der Waals surface area (Å²) in [5.74, 6) is 0.521. The van der Waals surface area contributed by atoms with Gasteiger partial charge in [-0.15, -0.1) is 6.58 Å². The van der Waals surface area contributed by atoms with Gasteiger partial charge in [-0.1, -0.05) is 26.8 Å². The summed E-state index contributed by atoms with van der Waals surface area (Å²) in [5.41, 5.74) is 5.78. The lowest BCUT2D eigenvalue weighted by Crippen LogP contribution is -2.49. The van der Waals surface area contributed by atoms with Crippen molar-refractivity contribution in [2.24, 2.45) is 17.1 Å². The zero-order valence-electron chi connectivity index (χ0n) is 9.99. The maximum absolute atomic E-state index is 12.0. The summed E-state index contributed by atoms with van der Waals surface area (Å²) in [6.07, 6.45) is 2.95. The first-order valence-electron chi connectivity index (χ1n) is 5.53. The fraction of sp³-hybridized carbons (Fsp3) is 0.750. The van der Waals surface area contributed by atoms with Gasteiger partial charge in [0.25, 0.3) is 0 Å². The van der Waals surface area contributed by atoms with E-state index in [0.29, 0.717) is 5.92 Å². The Labute approximate surface area is 92.3 Å². The Balaban J connectivity index is 2.59. The van der Waals surface area contributed by atoms with E-state index < -0.39 is 6.04 Å². The van der Waals surface area contributed by atoms with Crippen LogP contribution < -0.4 is 5.73 Å². The van der Waals surface area contributed by atoms with Gasteiger partial charge >= 0.3 is 0 Å². The molecule has 0 aromatic carbocycles. The van der Waals surface area contributed by atoms with Gasteiger partial charge < -0.3 is 10.6 Å². The standard InChI is InChI=1S/C12H22N2O/c1-5-9-6-7-14(8-9)11(15)10(13)12(2,3)4/h5,9-10H,1,6-8,13H2,2-4H3/t9-,10?/m1/s1. The van der Waals surface area contributed by atoms with E-state index in [1.54, 1.807) is 0 Å². The van der Waals surface area contributed by atoms with Gasteiger partial charge in [0.1, 0.15) is 0 Å². The Bertz CT molecular complexity index is 255. The molecule has 0 aromatic rings. The van der Waals surface area contributed by atoms with Crippen LogP contribution in [-0.4, -0.2) is 29.9 Å². The highest BCUT2D eigenvalue weighted by atomic mass is 16.2. The largest absolute Gasteiger partial charge is 0.341 e. The van der Waals surface area contributed by atoms with Gasteiger partial charge in [0.05, 0.1) is 6.04 Å². The van der Waals surface area contributed by atoms with Crippen LogP contribution in [0, 0.1) is 11.3 Å². The predicted octanol–water partition coefficient (Wildman–Crippen LogP) is 1.39. The summed E-state index contributed by atoms with van der Waals surface area (Å²) in [6.45, 7) is 11.4. The number of rotatable bonds is 2. The van der Waals surface area contributed by atoms with E-state index in [0.717, 1.165) is 19.5 Å². The molecule has 0 aromatic heterocycles. The van der Waals surface area contributed by atoms with E-state index >= 15 is 0 Å². The summed E-state index contributed by atoms with van der Waals surface area (Å²) in [5, 5.41) is 0. The monoisotopic (exact) mass is 210 g/mol. The maximum Gasteiger partial charge on any atom is 0.240 e. The van der Waals surface area contributed by atoms with Crippen molar-refractivity contribution in [1.82, 2.24) is 4.90 Å². The van der Waals surface area contributed by atoms with Gasteiger partial charge in [0, 0.05) is 13.1 Å². The SMILES string of the molecule is C=C[C@@H]1CCN(C(=O)C(N)C(C)(C)C)C1. The third-order valence-corrected chi connectivity index (χ3v) is 3.07. The van der Waals surface area contributed by atoms with Crippen molar-refractivity contribution in [1.29, 1.82) is 0 Å². The second-order valence-electron chi connectivity index (χ2n) is 5.41. The fourth-order valence-corrected chi connectivity index (χ4v) is 1.75. The lowest BCUT2D eigenvalue weighted by molar-refractivity contribution is -0.133. The number of nitrogens with zero attached hydrogens (tertiary/aromatic N) is 1. The molecular formula is C12H22N2O. The molecule has 1 heterocycles. The van der Waals surface area contributed by atoms with Gasteiger partial charge in [-0.3, -0.25) is 4.79 Å². The molecule has 0 aliphatic carbocycles. The first kappa shape index (κ1) is 12.2. The topological polar surface area (TPSA) is 46.3 Å². The van der Waals surface area contributed by atoms with Gasteiger partial charge in [-0.2, -0.15) is 0 Å². The number of hydrogen-bond donors (Lipinski definition) is 1. The highest BCUT2D eigenvalue weighted by molar-refractivity contribution is 5.82. The molecule has 0 spiro atoms. The zero-order chi connectivity index (χ0) is 11.6. The number of hydrogen-bond acceptors (Lipinski definition) is 2. The molecule has 1 saturated heterocycles. The molecule has 3 nitrogen and oxygen atoms in total. The minimum absolute atomic E-state index is 0.0758. The van der Waals surface area contributed by atoms with E-state index in [9.17, 15) is 4.79 Å². The Kier molecular flexibility index (Phi) is 3.55. The van der Waals surface area contributed by atoms with E-state index in [-0.39, 0.29) is 11.3 Å². The summed E-state index contributed by atoms with van der Waals surface area (Å²) >= 11 is 0. The molecule has 1 amide bonds. The van der Waals surface area contributed by atoms with Crippen molar-refractivity contribution in [3.63, 3.8) is 0 Å². The van der Waals surface area contributed by atoms with Crippen LogP contribution in [0.1, 0.15) is 27.2 Å². The Hall–Kier alpha value is -0.830. The first-order chi connectivity index (χ1) is 6.86. The Morgan fingerprint density at radius 1 is 1.60 bits per heavy atom. The van der Waals surface area contributed by atoms with Crippen molar-refractivity contribution in [2.75, 3.05) is 13.1 Å². The van der Waals surface area contributed by atoms with Gasteiger partial charge in [0.2, 0.25) is 5.91 Å². The fourth-order valence-electron chi connectivity index (χ4n) is 1.75. The summed E-state index contributed by atoms with van der Waals surface area (Å²) < 4.78 is 0. The second kappa shape index (κ2) is 4.35. The van der Waals surface area contributed by atoms with Crippen LogP contribution in [0.2, 0.25) is 0 Å². The molecule has 2 N–H and O–H groups in total. The third kappa shape index (κ3) is 2.81. The maximum atomic E-state index is 12.0. The lowest BCUT2D eigenvalue weighted by atomic mass is 9.86. The lowest BCUT2D eigenvalue weighted by Gasteiger charge is -2.29. The molecule has 86 valence electrons. The average molecular weight is 210 g/mol. The minimum Gasteiger partial charge on any atom is -0.341 e. The smallest absolute Gasteiger partial charge is 0.240 e.